The average Bonchev–Trinajstić information content (AvgIpc) is 2.28. The maximum atomic E-state index is 9.93. The van der Waals surface area contributed by atoms with E-state index in [9.17, 15) is 5.11 Å². The Morgan fingerprint density at radius 1 is 1.46 bits per heavy atom. The fourth-order valence-electron chi connectivity index (χ4n) is 1.60. The highest BCUT2D eigenvalue weighted by atomic mass is 16.3. The average molecular weight is 182 g/mol. The highest BCUT2D eigenvalue weighted by Gasteiger charge is 2.24. The molecule has 0 aromatic carbocycles. The molecule has 0 unspecified atom stereocenters. The normalized spacial score (nSPS) is 12.5. The van der Waals surface area contributed by atoms with E-state index in [1.165, 1.54) is 0 Å². The van der Waals surface area contributed by atoms with Gasteiger partial charge in [-0.25, -0.2) is 0 Å². The van der Waals surface area contributed by atoms with Crippen LogP contribution in [0.4, 0.5) is 0 Å². The fraction of sp³-hybridized carbons (Fsp3) is 0.700. The molecule has 0 saturated carbocycles. The van der Waals surface area contributed by atoms with E-state index in [0.29, 0.717) is 0 Å². The van der Waals surface area contributed by atoms with Crippen LogP contribution in [-0.4, -0.2) is 14.9 Å². The van der Waals surface area contributed by atoms with E-state index in [-0.39, 0.29) is 6.04 Å². The molecule has 74 valence electrons. The summed E-state index contributed by atoms with van der Waals surface area (Å²) >= 11 is 0. The first-order valence-corrected chi connectivity index (χ1v) is 4.61. The number of rotatable bonds is 2. The summed E-state index contributed by atoms with van der Waals surface area (Å²) in [5, 5.41) is 14.2. The van der Waals surface area contributed by atoms with Gasteiger partial charge in [0.15, 0.2) is 0 Å². The number of aryl methyl sites for hydroxylation is 1. The minimum absolute atomic E-state index is 0.287. The van der Waals surface area contributed by atoms with Gasteiger partial charge in [0.25, 0.3) is 0 Å². The Hall–Kier alpha value is -0.830. The summed E-state index contributed by atoms with van der Waals surface area (Å²) in [6.07, 6.45) is 1.80. The molecule has 1 aromatic rings. The Balaban J connectivity index is 3.25. The second-order valence-corrected chi connectivity index (χ2v) is 4.27. The second-order valence-electron chi connectivity index (χ2n) is 4.27. The molecule has 0 spiro atoms. The van der Waals surface area contributed by atoms with Crippen molar-refractivity contribution in [3.63, 3.8) is 0 Å². The lowest BCUT2D eigenvalue weighted by Crippen LogP contribution is -2.23. The van der Waals surface area contributed by atoms with Gasteiger partial charge >= 0.3 is 0 Å². The largest absolute Gasteiger partial charge is 0.384 e. The molecule has 3 heteroatoms. The van der Waals surface area contributed by atoms with Crippen LogP contribution < -0.4 is 0 Å². The van der Waals surface area contributed by atoms with Crippen molar-refractivity contribution in [3.05, 3.63) is 17.5 Å². The molecule has 0 saturated heterocycles. The van der Waals surface area contributed by atoms with Crippen LogP contribution in [0.1, 0.15) is 45.0 Å². The van der Waals surface area contributed by atoms with Gasteiger partial charge in [-0.2, -0.15) is 5.10 Å². The molecule has 1 heterocycles. The molecule has 0 radical (unpaired) electrons. The lowest BCUT2D eigenvalue weighted by molar-refractivity contribution is 0.0662. The molecule has 3 nitrogen and oxygen atoms in total. The van der Waals surface area contributed by atoms with Crippen molar-refractivity contribution in [1.29, 1.82) is 0 Å². The number of hydrogen-bond acceptors (Lipinski definition) is 2. The third-order valence-corrected chi connectivity index (χ3v) is 2.05. The summed E-state index contributed by atoms with van der Waals surface area (Å²) in [5.74, 6) is 0. The van der Waals surface area contributed by atoms with E-state index in [1.807, 2.05) is 11.6 Å². The van der Waals surface area contributed by atoms with Crippen LogP contribution in [0, 0.1) is 6.92 Å². The maximum absolute atomic E-state index is 9.93. The second kappa shape index (κ2) is 3.14. The smallest absolute Gasteiger partial charge is 0.101 e. The Kier molecular flexibility index (Phi) is 2.48. The van der Waals surface area contributed by atoms with E-state index in [4.69, 9.17) is 0 Å². The highest BCUT2D eigenvalue weighted by molar-refractivity contribution is 5.21. The van der Waals surface area contributed by atoms with Crippen LogP contribution in [-0.2, 0) is 5.60 Å². The number of aliphatic hydroxyl groups is 1. The third kappa shape index (κ3) is 1.91. The molecule has 0 bridgehead atoms. The van der Waals surface area contributed by atoms with Gasteiger partial charge in [0.05, 0.1) is 11.9 Å². The first-order chi connectivity index (χ1) is 5.84. The summed E-state index contributed by atoms with van der Waals surface area (Å²) in [4.78, 5) is 0. The predicted molar refractivity (Wildman–Crippen MR) is 52.6 cm³/mol. The zero-order valence-electron chi connectivity index (χ0n) is 9.00. The molecule has 1 N–H and O–H groups in total. The number of aromatic nitrogens is 2. The first-order valence-electron chi connectivity index (χ1n) is 4.61. The zero-order valence-corrected chi connectivity index (χ0v) is 9.00. The molecule has 0 atom stereocenters. The van der Waals surface area contributed by atoms with Crippen LogP contribution in [0.3, 0.4) is 0 Å². The lowest BCUT2D eigenvalue weighted by Gasteiger charge is -2.22. The van der Waals surface area contributed by atoms with Crippen molar-refractivity contribution >= 4 is 0 Å². The molecule has 0 amide bonds. The highest BCUT2D eigenvalue weighted by Crippen LogP contribution is 2.25. The molecule has 0 aliphatic rings. The van der Waals surface area contributed by atoms with Crippen LogP contribution in [0.25, 0.3) is 0 Å². The van der Waals surface area contributed by atoms with Gasteiger partial charge in [-0.1, -0.05) is 0 Å². The van der Waals surface area contributed by atoms with Gasteiger partial charge in [0.1, 0.15) is 5.60 Å². The third-order valence-electron chi connectivity index (χ3n) is 2.05. The summed E-state index contributed by atoms with van der Waals surface area (Å²) in [5.41, 5.74) is 1.13. The minimum atomic E-state index is -0.815. The molecule has 1 rings (SSSR count). The molecule has 0 fully saturated rings. The van der Waals surface area contributed by atoms with Crippen molar-refractivity contribution < 1.29 is 5.11 Å². The van der Waals surface area contributed by atoms with Crippen molar-refractivity contribution in [1.82, 2.24) is 9.78 Å². The fourth-order valence-corrected chi connectivity index (χ4v) is 1.60. The van der Waals surface area contributed by atoms with Gasteiger partial charge in [0.2, 0.25) is 0 Å². The maximum Gasteiger partial charge on any atom is 0.101 e. The monoisotopic (exact) mass is 182 g/mol. The van der Waals surface area contributed by atoms with Crippen LogP contribution in [0.5, 0.6) is 0 Å². The molecular formula is C10H18N2O. The Bertz CT molecular complexity index is 294. The van der Waals surface area contributed by atoms with Crippen LogP contribution >= 0.6 is 0 Å². The molecule has 1 aromatic heterocycles. The Morgan fingerprint density at radius 2 is 2.00 bits per heavy atom. The van der Waals surface area contributed by atoms with Gasteiger partial charge < -0.3 is 5.11 Å². The predicted octanol–water partition coefficient (Wildman–Crippen LogP) is 2.00. The quantitative estimate of drug-likeness (QED) is 0.759. The first kappa shape index (κ1) is 10.3. The minimum Gasteiger partial charge on any atom is -0.384 e. The number of hydrogen-bond donors (Lipinski definition) is 1. The van der Waals surface area contributed by atoms with E-state index in [2.05, 4.69) is 18.9 Å². The van der Waals surface area contributed by atoms with Crippen molar-refractivity contribution in [2.45, 2.75) is 46.3 Å². The molecule has 13 heavy (non-hydrogen) atoms. The number of nitrogens with zero attached hydrogens (tertiary/aromatic N) is 2. The van der Waals surface area contributed by atoms with E-state index in [0.717, 1.165) is 11.3 Å². The van der Waals surface area contributed by atoms with Crippen molar-refractivity contribution in [2.75, 3.05) is 0 Å². The van der Waals surface area contributed by atoms with Crippen LogP contribution in [0.2, 0.25) is 0 Å². The summed E-state index contributed by atoms with van der Waals surface area (Å²) in [6, 6.07) is 0.287. The van der Waals surface area contributed by atoms with Crippen molar-refractivity contribution in [2.24, 2.45) is 0 Å². The topological polar surface area (TPSA) is 38.0 Å². The van der Waals surface area contributed by atoms with E-state index in [1.54, 1.807) is 20.0 Å². The van der Waals surface area contributed by atoms with Gasteiger partial charge in [0, 0.05) is 6.04 Å². The molecular weight excluding hydrogens is 164 g/mol. The summed E-state index contributed by atoms with van der Waals surface area (Å²) in [6.45, 7) is 9.66. The van der Waals surface area contributed by atoms with Crippen LogP contribution in [0.15, 0.2) is 6.20 Å². The van der Waals surface area contributed by atoms with Gasteiger partial charge in [-0.15, -0.1) is 0 Å². The molecule has 0 aliphatic heterocycles. The SMILES string of the molecule is Cc1cnn(C(C)C)c1C(C)(C)O. The van der Waals surface area contributed by atoms with Gasteiger partial charge in [-0.05, 0) is 40.2 Å². The van der Waals surface area contributed by atoms with Crippen molar-refractivity contribution in [3.8, 4) is 0 Å². The van der Waals surface area contributed by atoms with Gasteiger partial charge in [-0.3, -0.25) is 4.68 Å². The van der Waals surface area contributed by atoms with E-state index < -0.39 is 5.60 Å². The Morgan fingerprint density at radius 3 is 2.31 bits per heavy atom. The zero-order chi connectivity index (χ0) is 10.2. The Labute approximate surface area is 79.4 Å². The van der Waals surface area contributed by atoms with E-state index >= 15 is 0 Å². The standard InChI is InChI=1S/C10H18N2O/c1-7(2)12-9(10(4,5)13)8(3)6-11-12/h6-7,13H,1-5H3. The summed E-state index contributed by atoms with van der Waals surface area (Å²) in [7, 11) is 0. The lowest BCUT2D eigenvalue weighted by atomic mass is 10.0. The molecule has 0 aliphatic carbocycles. The summed E-state index contributed by atoms with van der Waals surface area (Å²) < 4.78 is 1.87.